The molecule has 1 aromatic carbocycles. The molecule has 9 heteroatoms. The zero-order chi connectivity index (χ0) is 15.6. The Bertz CT molecular complexity index is 672. The number of carbonyl (C=O) groups excluding carboxylic acids is 1. The smallest absolute Gasteiger partial charge is 0.312 e. The lowest BCUT2D eigenvalue weighted by Crippen LogP contribution is -2.44. The summed E-state index contributed by atoms with van der Waals surface area (Å²) < 4.78 is 26.1. The average Bonchev–Trinajstić information content (AvgIpc) is 2.47. The highest BCUT2D eigenvalue weighted by molar-refractivity contribution is 7.89. The Morgan fingerprint density at radius 1 is 1.38 bits per heavy atom. The summed E-state index contributed by atoms with van der Waals surface area (Å²) >= 11 is 0. The molecule has 1 heterocycles. The molecule has 0 bridgehead atoms. The minimum Gasteiger partial charge on any atom is -0.502 e. The lowest BCUT2D eigenvalue weighted by Gasteiger charge is -2.31. The van der Waals surface area contributed by atoms with Crippen LogP contribution in [-0.2, 0) is 14.8 Å². The predicted molar refractivity (Wildman–Crippen MR) is 72.4 cm³/mol. The van der Waals surface area contributed by atoms with E-state index in [1.54, 1.807) is 0 Å². The van der Waals surface area contributed by atoms with Crippen molar-refractivity contribution in [1.29, 1.82) is 0 Å². The van der Waals surface area contributed by atoms with E-state index in [2.05, 4.69) is 0 Å². The Morgan fingerprint density at radius 3 is 2.71 bits per heavy atom. The van der Waals surface area contributed by atoms with Crippen molar-refractivity contribution < 1.29 is 23.2 Å². The molecule has 1 aromatic rings. The number of nitro benzene ring substituents is 1. The predicted octanol–water partition coefficient (Wildman–Crippen LogP) is 1.04. The fourth-order valence-electron chi connectivity index (χ4n) is 2.31. The molecule has 1 aliphatic heterocycles. The second-order valence-corrected chi connectivity index (χ2v) is 6.61. The third-order valence-corrected chi connectivity index (χ3v) is 5.33. The van der Waals surface area contributed by atoms with Gasteiger partial charge in [0.25, 0.3) is 0 Å². The van der Waals surface area contributed by atoms with E-state index in [-0.39, 0.29) is 11.4 Å². The van der Waals surface area contributed by atoms with Gasteiger partial charge in [-0.2, -0.15) is 4.31 Å². The highest BCUT2D eigenvalue weighted by Gasteiger charge is 2.34. The average molecular weight is 314 g/mol. The molecule has 1 unspecified atom stereocenters. The van der Waals surface area contributed by atoms with E-state index in [1.165, 1.54) is 0 Å². The van der Waals surface area contributed by atoms with Crippen molar-refractivity contribution in [2.24, 2.45) is 0 Å². The van der Waals surface area contributed by atoms with Gasteiger partial charge in [-0.05, 0) is 25.0 Å². The number of hydrogen-bond acceptors (Lipinski definition) is 6. The molecule has 1 N–H and O–H groups in total. The van der Waals surface area contributed by atoms with Gasteiger partial charge in [0.2, 0.25) is 10.0 Å². The Hall–Kier alpha value is -2.00. The standard InChI is InChI=1S/C12H14N2O6S/c15-8-9-3-1-2-6-13(9)21(19,20)10-4-5-12(16)11(7-10)14(17)18/h4-5,7-9,16H,1-3,6H2. The number of benzene rings is 1. The van der Waals surface area contributed by atoms with Crippen LogP contribution in [0.25, 0.3) is 0 Å². The summed E-state index contributed by atoms with van der Waals surface area (Å²) in [5.74, 6) is -0.607. The number of carbonyl (C=O) groups is 1. The normalized spacial score (nSPS) is 20.1. The van der Waals surface area contributed by atoms with Crippen LogP contribution < -0.4 is 0 Å². The lowest BCUT2D eigenvalue weighted by molar-refractivity contribution is -0.386. The van der Waals surface area contributed by atoms with Crippen molar-refractivity contribution in [3.05, 3.63) is 28.3 Å². The van der Waals surface area contributed by atoms with Gasteiger partial charge in [-0.1, -0.05) is 6.42 Å². The van der Waals surface area contributed by atoms with Crippen LogP contribution in [0.3, 0.4) is 0 Å². The monoisotopic (exact) mass is 314 g/mol. The molecule has 0 radical (unpaired) electrons. The summed E-state index contributed by atoms with van der Waals surface area (Å²) in [7, 11) is -4.01. The summed E-state index contributed by atoms with van der Waals surface area (Å²) in [6.07, 6.45) is 2.39. The van der Waals surface area contributed by atoms with Gasteiger partial charge >= 0.3 is 5.69 Å². The number of nitro groups is 1. The third kappa shape index (κ3) is 2.88. The quantitative estimate of drug-likeness (QED) is 0.504. The van der Waals surface area contributed by atoms with E-state index in [9.17, 15) is 28.4 Å². The van der Waals surface area contributed by atoms with Gasteiger partial charge in [0.05, 0.1) is 15.9 Å². The summed E-state index contributed by atoms with van der Waals surface area (Å²) in [6.45, 7) is 0.195. The number of phenols is 1. The van der Waals surface area contributed by atoms with Gasteiger partial charge < -0.3 is 9.90 Å². The van der Waals surface area contributed by atoms with Crippen molar-refractivity contribution in [3.8, 4) is 5.75 Å². The van der Waals surface area contributed by atoms with Gasteiger partial charge in [0.15, 0.2) is 5.75 Å². The van der Waals surface area contributed by atoms with Crippen LogP contribution in [0, 0.1) is 10.1 Å². The highest BCUT2D eigenvalue weighted by Crippen LogP contribution is 2.31. The van der Waals surface area contributed by atoms with Crippen LogP contribution in [0.2, 0.25) is 0 Å². The second kappa shape index (κ2) is 5.78. The molecule has 1 aliphatic rings. The Balaban J connectivity index is 2.46. The maximum Gasteiger partial charge on any atom is 0.312 e. The molecule has 0 amide bonds. The van der Waals surface area contributed by atoms with Gasteiger partial charge in [-0.25, -0.2) is 8.42 Å². The summed E-state index contributed by atoms with van der Waals surface area (Å²) in [4.78, 5) is 20.6. The number of aromatic hydroxyl groups is 1. The zero-order valence-corrected chi connectivity index (χ0v) is 11.8. The van der Waals surface area contributed by atoms with E-state index < -0.39 is 32.4 Å². The Kier molecular flexibility index (Phi) is 4.24. The molecule has 2 rings (SSSR count). The van der Waals surface area contributed by atoms with Gasteiger partial charge in [0.1, 0.15) is 6.29 Å². The van der Waals surface area contributed by atoms with Crippen LogP contribution in [0.5, 0.6) is 5.75 Å². The summed E-state index contributed by atoms with van der Waals surface area (Å²) in [6, 6.07) is 2.11. The summed E-state index contributed by atoms with van der Waals surface area (Å²) in [5.41, 5.74) is -0.685. The SMILES string of the molecule is O=CC1CCCCN1S(=O)(=O)c1ccc(O)c([N+](=O)[O-])c1. The van der Waals surface area contributed by atoms with Crippen LogP contribution in [-0.4, -0.2) is 41.6 Å². The molecule has 0 spiro atoms. The maximum absolute atomic E-state index is 12.5. The molecule has 0 saturated carbocycles. The van der Waals surface area contributed by atoms with E-state index in [4.69, 9.17) is 0 Å². The fourth-order valence-corrected chi connectivity index (χ4v) is 3.96. The molecule has 1 atom stereocenters. The zero-order valence-electron chi connectivity index (χ0n) is 11.0. The van der Waals surface area contributed by atoms with Crippen LogP contribution in [0.4, 0.5) is 5.69 Å². The Morgan fingerprint density at radius 2 is 2.10 bits per heavy atom. The highest BCUT2D eigenvalue weighted by atomic mass is 32.2. The second-order valence-electron chi connectivity index (χ2n) is 4.72. The van der Waals surface area contributed by atoms with E-state index >= 15 is 0 Å². The molecule has 0 aromatic heterocycles. The summed E-state index contributed by atoms with van der Waals surface area (Å²) in [5, 5.41) is 20.2. The first-order chi connectivity index (χ1) is 9.87. The third-order valence-electron chi connectivity index (χ3n) is 3.41. The molecular weight excluding hydrogens is 300 g/mol. The first kappa shape index (κ1) is 15.4. The van der Waals surface area contributed by atoms with Gasteiger partial charge in [-0.3, -0.25) is 10.1 Å². The van der Waals surface area contributed by atoms with Crippen molar-refractivity contribution in [3.63, 3.8) is 0 Å². The number of rotatable bonds is 4. The number of nitrogens with zero attached hydrogens (tertiary/aromatic N) is 2. The fraction of sp³-hybridized carbons (Fsp3) is 0.417. The topological polar surface area (TPSA) is 118 Å². The minimum absolute atomic E-state index is 0.195. The molecule has 1 saturated heterocycles. The molecule has 114 valence electrons. The van der Waals surface area contributed by atoms with Crippen molar-refractivity contribution >= 4 is 22.0 Å². The minimum atomic E-state index is -4.01. The van der Waals surface area contributed by atoms with Crippen LogP contribution in [0.15, 0.2) is 23.1 Å². The molecule has 8 nitrogen and oxygen atoms in total. The lowest BCUT2D eigenvalue weighted by atomic mass is 10.1. The van der Waals surface area contributed by atoms with E-state index in [1.807, 2.05) is 0 Å². The first-order valence-electron chi connectivity index (χ1n) is 6.32. The van der Waals surface area contributed by atoms with E-state index in [0.717, 1.165) is 28.9 Å². The molecule has 0 aliphatic carbocycles. The van der Waals surface area contributed by atoms with Crippen LogP contribution in [0.1, 0.15) is 19.3 Å². The van der Waals surface area contributed by atoms with Crippen molar-refractivity contribution in [2.75, 3.05) is 6.54 Å². The first-order valence-corrected chi connectivity index (χ1v) is 7.76. The maximum atomic E-state index is 12.5. The number of phenolic OH excluding ortho intramolecular Hbond substituents is 1. The molecule has 21 heavy (non-hydrogen) atoms. The molecule has 1 fully saturated rings. The largest absolute Gasteiger partial charge is 0.502 e. The van der Waals surface area contributed by atoms with Gasteiger partial charge in [-0.15, -0.1) is 0 Å². The van der Waals surface area contributed by atoms with Crippen LogP contribution >= 0.6 is 0 Å². The van der Waals surface area contributed by atoms with Crippen molar-refractivity contribution in [2.45, 2.75) is 30.2 Å². The Labute approximate surface area is 121 Å². The number of sulfonamides is 1. The number of piperidine rings is 1. The number of aldehydes is 1. The van der Waals surface area contributed by atoms with Gasteiger partial charge in [0, 0.05) is 12.6 Å². The molecular formula is C12H14N2O6S. The van der Waals surface area contributed by atoms with Crippen molar-refractivity contribution in [1.82, 2.24) is 4.31 Å². The van der Waals surface area contributed by atoms with E-state index in [0.29, 0.717) is 19.1 Å². The number of hydrogen-bond donors (Lipinski definition) is 1.